The van der Waals surface area contributed by atoms with Crippen LogP contribution in [-0.4, -0.2) is 73.3 Å². The second kappa shape index (κ2) is 8.27. The van der Waals surface area contributed by atoms with E-state index < -0.39 is 0 Å². The van der Waals surface area contributed by atoms with Gasteiger partial charge in [0.2, 0.25) is 0 Å². The van der Waals surface area contributed by atoms with Gasteiger partial charge in [0.25, 0.3) is 0 Å². The molecular weight excluding hydrogens is 280 g/mol. The average molecular weight is 312 g/mol. The third-order valence-corrected chi connectivity index (χ3v) is 4.84. The minimum Gasteiger partial charge on any atom is -0.465 e. The minimum atomic E-state index is -0.107. The summed E-state index contributed by atoms with van der Waals surface area (Å²) in [6.07, 6.45) is 3.02. The number of morpholine rings is 1. The molecule has 0 aromatic carbocycles. The van der Waals surface area contributed by atoms with E-state index in [1.807, 2.05) is 13.8 Å². The fourth-order valence-electron chi connectivity index (χ4n) is 3.73. The van der Waals surface area contributed by atoms with E-state index in [0.29, 0.717) is 18.8 Å². The van der Waals surface area contributed by atoms with Gasteiger partial charge in [0.1, 0.15) is 6.04 Å². The number of hydrogen-bond acceptors (Lipinski definition) is 5. The Bertz CT molecular complexity index is 346. The van der Waals surface area contributed by atoms with Crippen LogP contribution < -0.4 is 0 Å². The van der Waals surface area contributed by atoms with Gasteiger partial charge in [-0.1, -0.05) is 0 Å². The highest BCUT2D eigenvalue weighted by atomic mass is 16.5. The van der Waals surface area contributed by atoms with Gasteiger partial charge in [0, 0.05) is 19.6 Å². The van der Waals surface area contributed by atoms with Crippen LogP contribution in [0, 0.1) is 5.92 Å². The molecule has 0 spiro atoms. The molecule has 0 aliphatic carbocycles. The molecule has 0 radical (unpaired) electrons. The highest BCUT2D eigenvalue weighted by Gasteiger charge is 2.30. The number of esters is 1. The Balaban J connectivity index is 1.74. The Morgan fingerprint density at radius 2 is 1.82 bits per heavy atom. The van der Waals surface area contributed by atoms with Crippen molar-refractivity contribution in [2.24, 2.45) is 5.92 Å². The second-order valence-corrected chi connectivity index (χ2v) is 6.88. The Labute approximate surface area is 134 Å². The zero-order chi connectivity index (χ0) is 16.1. The minimum absolute atomic E-state index is 0.0863. The molecule has 2 heterocycles. The van der Waals surface area contributed by atoms with Crippen LogP contribution in [0.3, 0.4) is 0 Å². The van der Waals surface area contributed by atoms with Crippen molar-refractivity contribution >= 4 is 5.97 Å². The van der Waals surface area contributed by atoms with Crippen LogP contribution in [0.15, 0.2) is 0 Å². The van der Waals surface area contributed by atoms with Gasteiger partial charge >= 0.3 is 5.97 Å². The molecule has 0 bridgehead atoms. The highest BCUT2D eigenvalue weighted by molar-refractivity contribution is 5.75. The van der Waals surface area contributed by atoms with Crippen molar-refractivity contribution in [3.63, 3.8) is 0 Å². The fourth-order valence-corrected chi connectivity index (χ4v) is 3.73. The quantitative estimate of drug-likeness (QED) is 0.724. The maximum Gasteiger partial charge on any atom is 0.323 e. The Hall–Kier alpha value is -0.650. The maximum atomic E-state index is 11.8. The number of ether oxygens (including phenoxy) is 2. The maximum absolute atomic E-state index is 11.8. The normalized spacial score (nSPS) is 30.2. The summed E-state index contributed by atoms with van der Waals surface area (Å²) in [6, 6.07) is -0.107. The van der Waals surface area contributed by atoms with Gasteiger partial charge in [-0.15, -0.1) is 0 Å². The van der Waals surface area contributed by atoms with E-state index >= 15 is 0 Å². The van der Waals surface area contributed by atoms with Crippen LogP contribution >= 0.6 is 0 Å². The summed E-state index contributed by atoms with van der Waals surface area (Å²) in [7, 11) is 0. The zero-order valence-electron chi connectivity index (χ0n) is 14.6. The molecule has 0 N–H and O–H groups in total. The largest absolute Gasteiger partial charge is 0.465 e. The number of piperidine rings is 1. The zero-order valence-corrected chi connectivity index (χ0v) is 14.6. The first-order valence-corrected chi connectivity index (χ1v) is 8.78. The third-order valence-electron chi connectivity index (χ3n) is 4.84. The van der Waals surface area contributed by atoms with Crippen molar-refractivity contribution in [2.45, 2.75) is 58.8 Å². The molecule has 5 nitrogen and oxygen atoms in total. The summed E-state index contributed by atoms with van der Waals surface area (Å²) in [5, 5.41) is 0. The van der Waals surface area contributed by atoms with Gasteiger partial charge < -0.3 is 9.47 Å². The Morgan fingerprint density at radius 1 is 1.23 bits per heavy atom. The fraction of sp³-hybridized carbons (Fsp3) is 0.941. The summed E-state index contributed by atoms with van der Waals surface area (Å²) in [5.74, 6) is 0.653. The molecule has 22 heavy (non-hydrogen) atoms. The van der Waals surface area contributed by atoms with Crippen molar-refractivity contribution in [3.8, 4) is 0 Å². The second-order valence-electron chi connectivity index (χ2n) is 6.88. The third kappa shape index (κ3) is 4.93. The standard InChI is InChI=1S/C17H32N2O3/c1-5-21-17(20)15(4)19-8-6-16(7-9-19)12-18-10-13(2)22-14(3)11-18/h13-16H,5-12H2,1-4H3/t13-,14+,15-/m1/s1. The van der Waals surface area contributed by atoms with Gasteiger partial charge in [-0.05, 0) is 59.5 Å². The number of nitrogens with zero attached hydrogens (tertiary/aromatic N) is 2. The molecular formula is C17H32N2O3. The average Bonchev–Trinajstić information content (AvgIpc) is 2.46. The van der Waals surface area contributed by atoms with Crippen LogP contribution in [0.1, 0.15) is 40.5 Å². The van der Waals surface area contributed by atoms with Crippen LogP contribution in [-0.2, 0) is 14.3 Å². The van der Waals surface area contributed by atoms with Gasteiger partial charge in [0.05, 0.1) is 18.8 Å². The van der Waals surface area contributed by atoms with E-state index in [1.165, 1.54) is 19.4 Å². The predicted octanol–water partition coefficient (Wildman–Crippen LogP) is 1.76. The smallest absolute Gasteiger partial charge is 0.323 e. The van der Waals surface area contributed by atoms with E-state index in [-0.39, 0.29) is 12.0 Å². The molecule has 0 aromatic heterocycles. The molecule has 0 amide bonds. The van der Waals surface area contributed by atoms with E-state index in [4.69, 9.17) is 9.47 Å². The van der Waals surface area contributed by atoms with Crippen molar-refractivity contribution < 1.29 is 14.3 Å². The summed E-state index contributed by atoms with van der Waals surface area (Å²) in [6.45, 7) is 13.9. The number of hydrogen-bond donors (Lipinski definition) is 0. The molecule has 5 heteroatoms. The Kier molecular flexibility index (Phi) is 6.66. The number of carbonyl (C=O) groups excluding carboxylic acids is 1. The molecule has 2 aliphatic rings. The van der Waals surface area contributed by atoms with E-state index in [9.17, 15) is 4.79 Å². The number of rotatable bonds is 5. The van der Waals surface area contributed by atoms with Crippen molar-refractivity contribution in [1.82, 2.24) is 9.80 Å². The summed E-state index contributed by atoms with van der Waals surface area (Å²) in [4.78, 5) is 16.6. The first-order valence-electron chi connectivity index (χ1n) is 8.78. The molecule has 2 rings (SSSR count). The van der Waals surface area contributed by atoms with Crippen LogP contribution in [0.5, 0.6) is 0 Å². The first-order chi connectivity index (χ1) is 10.5. The first kappa shape index (κ1) is 17.7. The summed E-state index contributed by atoms with van der Waals surface area (Å²) < 4.78 is 10.9. The van der Waals surface area contributed by atoms with Gasteiger partial charge in [0.15, 0.2) is 0 Å². The van der Waals surface area contributed by atoms with Crippen molar-refractivity contribution in [2.75, 3.05) is 39.3 Å². The lowest BCUT2D eigenvalue weighted by Crippen LogP contribution is -2.49. The van der Waals surface area contributed by atoms with Crippen LogP contribution in [0.2, 0.25) is 0 Å². The van der Waals surface area contributed by atoms with E-state index in [2.05, 4.69) is 23.6 Å². The number of carbonyl (C=O) groups is 1. The van der Waals surface area contributed by atoms with Crippen molar-refractivity contribution in [1.29, 1.82) is 0 Å². The van der Waals surface area contributed by atoms with Crippen molar-refractivity contribution in [3.05, 3.63) is 0 Å². The van der Waals surface area contributed by atoms with Gasteiger partial charge in [-0.25, -0.2) is 0 Å². The monoisotopic (exact) mass is 312 g/mol. The van der Waals surface area contributed by atoms with E-state index in [0.717, 1.165) is 32.1 Å². The lowest BCUT2D eigenvalue weighted by molar-refractivity contribution is -0.149. The Morgan fingerprint density at radius 3 is 2.36 bits per heavy atom. The number of likely N-dealkylation sites (tertiary alicyclic amines) is 1. The predicted molar refractivity (Wildman–Crippen MR) is 86.8 cm³/mol. The molecule has 2 fully saturated rings. The lowest BCUT2D eigenvalue weighted by Gasteiger charge is -2.40. The molecule has 0 unspecified atom stereocenters. The summed E-state index contributed by atoms with van der Waals surface area (Å²) in [5.41, 5.74) is 0. The molecule has 128 valence electrons. The summed E-state index contributed by atoms with van der Waals surface area (Å²) >= 11 is 0. The topological polar surface area (TPSA) is 42.0 Å². The molecule has 0 aromatic rings. The molecule has 2 aliphatic heterocycles. The van der Waals surface area contributed by atoms with Crippen LogP contribution in [0.25, 0.3) is 0 Å². The van der Waals surface area contributed by atoms with Crippen LogP contribution in [0.4, 0.5) is 0 Å². The van der Waals surface area contributed by atoms with E-state index in [1.54, 1.807) is 0 Å². The molecule has 2 saturated heterocycles. The molecule has 3 atom stereocenters. The lowest BCUT2D eigenvalue weighted by atomic mass is 9.94. The highest BCUT2D eigenvalue weighted by Crippen LogP contribution is 2.22. The van der Waals surface area contributed by atoms with Gasteiger partial charge in [-0.3, -0.25) is 14.6 Å². The SMILES string of the molecule is CCOC(=O)[C@@H](C)N1CCC(CN2C[C@@H](C)O[C@@H](C)C2)CC1. The van der Waals surface area contributed by atoms with Gasteiger partial charge in [-0.2, -0.15) is 0 Å². The molecule has 0 saturated carbocycles.